The van der Waals surface area contributed by atoms with Crippen LogP contribution in [0.5, 0.6) is 0 Å². The van der Waals surface area contributed by atoms with E-state index in [0.717, 1.165) is 35.6 Å². The Kier molecular flexibility index (Phi) is 8.00. The fourth-order valence-corrected chi connectivity index (χ4v) is 3.40. The van der Waals surface area contributed by atoms with Crippen molar-refractivity contribution in [3.63, 3.8) is 0 Å². The van der Waals surface area contributed by atoms with Crippen molar-refractivity contribution in [3.8, 4) is 11.3 Å². The van der Waals surface area contributed by atoms with Gasteiger partial charge >= 0.3 is 12.1 Å². The molecule has 0 saturated carbocycles. The van der Waals surface area contributed by atoms with Gasteiger partial charge in [0.1, 0.15) is 5.69 Å². The summed E-state index contributed by atoms with van der Waals surface area (Å²) in [6, 6.07) is 15.8. The quantitative estimate of drug-likeness (QED) is 0.517. The number of carboxylic acids is 1. The van der Waals surface area contributed by atoms with Crippen LogP contribution in [0.1, 0.15) is 28.8 Å². The van der Waals surface area contributed by atoms with Crippen molar-refractivity contribution in [2.45, 2.75) is 38.5 Å². The zero-order valence-electron chi connectivity index (χ0n) is 18.3. The van der Waals surface area contributed by atoms with Crippen LogP contribution in [-0.2, 0) is 11.3 Å². The molecule has 180 valence electrons. The van der Waals surface area contributed by atoms with Gasteiger partial charge in [-0.15, -0.1) is 5.10 Å². The molecule has 34 heavy (non-hydrogen) atoms. The summed E-state index contributed by atoms with van der Waals surface area (Å²) in [7, 11) is 0. The zero-order valence-corrected chi connectivity index (χ0v) is 18.3. The molecule has 11 heteroatoms. The van der Waals surface area contributed by atoms with Gasteiger partial charge in [-0.05, 0) is 50.1 Å². The van der Waals surface area contributed by atoms with Crippen molar-refractivity contribution in [1.29, 1.82) is 0 Å². The van der Waals surface area contributed by atoms with Crippen molar-refractivity contribution < 1.29 is 27.9 Å². The Morgan fingerprint density at radius 3 is 2.53 bits per heavy atom. The van der Waals surface area contributed by atoms with Gasteiger partial charge in [-0.3, -0.25) is 9.48 Å². The number of aryl methyl sites for hydroxylation is 1. The number of rotatable bonds is 5. The largest absolute Gasteiger partial charge is 0.490 e. The highest BCUT2D eigenvalue weighted by Gasteiger charge is 2.38. The van der Waals surface area contributed by atoms with Gasteiger partial charge in [0.25, 0.3) is 5.91 Å². The Morgan fingerprint density at radius 1 is 1.21 bits per heavy atom. The maximum Gasteiger partial charge on any atom is 0.490 e. The first-order chi connectivity index (χ1) is 16.1. The molecule has 1 aromatic heterocycles. The summed E-state index contributed by atoms with van der Waals surface area (Å²) in [5, 5.41) is 22.1. The Morgan fingerprint density at radius 2 is 1.91 bits per heavy atom. The number of benzene rings is 2. The monoisotopic (exact) mass is 475 g/mol. The molecule has 0 unspecified atom stereocenters. The topological polar surface area (TPSA) is 109 Å². The van der Waals surface area contributed by atoms with Gasteiger partial charge in [-0.25, -0.2) is 4.79 Å². The van der Waals surface area contributed by atoms with Crippen molar-refractivity contribution >= 4 is 17.6 Å². The summed E-state index contributed by atoms with van der Waals surface area (Å²) in [5.41, 5.74) is 4.02. The molecule has 2 aromatic carbocycles. The van der Waals surface area contributed by atoms with E-state index in [1.807, 2.05) is 66.3 Å². The lowest BCUT2D eigenvalue weighted by atomic mass is 10.0. The van der Waals surface area contributed by atoms with Crippen LogP contribution in [0.4, 0.5) is 18.9 Å². The standard InChI is InChI=1S/C21H23N5O.C2HF3O2/c1-15-9-10-16(12-19(15)21(27)23-17-6-3-2-4-7-17)20-14-26(25-24-20)13-18-8-5-11-22-18;3-2(4,5)1(6)7/h2-4,6-7,9-10,12,14,18,22H,5,8,11,13H2,1H3,(H,23,27);(H,6,7)/t18-;/m1./s1. The maximum absolute atomic E-state index is 12.7. The van der Waals surface area contributed by atoms with Crippen LogP contribution >= 0.6 is 0 Å². The second kappa shape index (κ2) is 10.9. The Balaban J connectivity index is 0.000000406. The lowest BCUT2D eigenvalue weighted by molar-refractivity contribution is -0.192. The van der Waals surface area contributed by atoms with Crippen molar-refractivity contribution in [3.05, 3.63) is 65.9 Å². The zero-order chi connectivity index (χ0) is 24.7. The van der Waals surface area contributed by atoms with Gasteiger partial charge in [0.05, 0.1) is 12.7 Å². The average Bonchev–Trinajstić information content (AvgIpc) is 3.47. The minimum atomic E-state index is -5.08. The molecule has 0 radical (unpaired) electrons. The van der Waals surface area contributed by atoms with Crippen LogP contribution in [0.25, 0.3) is 11.3 Å². The van der Waals surface area contributed by atoms with E-state index >= 15 is 0 Å². The van der Waals surface area contributed by atoms with Crippen LogP contribution < -0.4 is 10.6 Å². The van der Waals surface area contributed by atoms with Crippen molar-refractivity contribution in [2.24, 2.45) is 0 Å². The van der Waals surface area contributed by atoms with E-state index in [-0.39, 0.29) is 5.91 Å². The second-order valence-electron chi connectivity index (χ2n) is 7.77. The predicted octanol–water partition coefficient (Wildman–Crippen LogP) is 3.89. The normalized spacial score (nSPS) is 15.4. The molecule has 4 rings (SSSR count). The molecule has 3 N–H and O–H groups in total. The van der Waals surface area contributed by atoms with Crippen LogP contribution in [0, 0.1) is 6.92 Å². The molecule has 0 aliphatic carbocycles. The number of aromatic nitrogens is 3. The highest BCUT2D eigenvalue weighted by Crippen LogP contribution is 2.22. The minimum Gasteiger partial charge on any atom is -0.475 e. The van der Waals surface area contributed by atoms with Gasteiger partial charge in [0, 0.05) is 22.9 Å². The number of halogens is 3. The van der Waals surface area contributed by atoms with E-state index in [1.165, 1.54) is 12.8 Å². The fraction of sp³-hybridized carbons (Fsp3) is 0.304. The van der Waals surface area contributed by atoms with Crippen molar-refractivity contribution in [2.75, 3.05) is 11.9 Å². The Bertz CT molecular complexity index is 1130. The first-order valence-corrected chi connectivity index (χ1v) is 10.5. The number of nitrogens with zero attached hydrogens (tertiary/aromatic N) is 3. The van der Waals surface area contributed by atoms with Gasteiger partial charge in [-0.2, -0.15) is 13.2 Å². The lowest BCUT2D eigenvalue weighted by Gasteiger charge is -2.09. The van der Waals surface area contributed by atoms with E-state index < -0.39 is 12.1 Å². The summed E-state index contributed by atoms with van der Waals surface area (Å²) in [6.45, 7) is 3.83. The third kappa shape index (κ3) is 6.88. The number of amides is 1. The van der Waals surface area contributed by atoms with Crippen LogP contribution in [0.2, 0.25) is 0 Å². The summed E-state index contributed by atoms with van der Waals surface area (Å²) in [4.78, 5) is 21.6. The Hall–Kier alpha value is -3.73. The number of carbonyl (C=O) groups is 2. The van der Waals surface area contributed by atoms with Gasteiger partial charge < -0.3 is 15.7 Å². The highest BCUT2D eigenvalue weighted by molar-refractivity contribution is 6.05. The molecule has 2 heterocycles. The van der Waals surface area contributed by atoms with Crippen molar-refractivity contribution in [1.82, 2.24) is 20.3 Å². The third-order valence-corrected chi connectivity index (χ3v) is 5.16. The Labute approximate surface area is 193 Å². The number of anilines is 1. The maximum atomic E-state index is 12.7. The summed E-state index contributed by atoms with van der Waals surface area (Å²) >= 11 is 0. The number of nitrogens with one attached hydrogen (secondary N) is 2. The molecule has 1 atom stereocenters. The fourth-order valence-electron chi connectivity index (χ4n) is 3.40. The first kappa shape index (κ1) is 24.9. The SMILES string of the molecule is Cc1ccc(-c2cn(C[C@H]3CCCN3)nn2)cc1C(=O)Nc1ccccc1.O=C(O)C(F)(F)F. The van der Waals surface area contributed by atoms with E-state index in [0.29, 0.717) is 11.6 Å². The number of hydrogen-bond acceptors (Lipinski definition) is 5. The van der Waals surface area contributed by atoms with E-state index in [2.05, 4.69) is 20.9 Å². The number of carboxylic acid groups (broad SMARTS) is 1. The average molecular weight is 475 g/mol. The smallest absolute Gasteiger partial charge is 0.475 e. The van der Waals surface area contributed by atoms with Crippen LogP contribution in [-0.4, -0.2) is 50.7 Å². The van der Waals surface area contributed by atoms with Gasteiger partial charge in [0.15, 0.2) is 0 Å². The van der Waals surface area contributed by atoms with E-state index in [9.17, 15) is 18.0 Å². The molecular weight excluding hydrogens is 451 g/mol. The third-order valence-electron chi connectivity index (χ3n) is 5.16. The molecule has 1 saturated heterocycles. The molecule has 1 amide bonds. The number of carbonyl (C=O) groups excluding carboxylic acids is 1. The summed E-state index contributed by atoms with van der Waals surface area (Å²) < 4.78 is 33.6. The van der Waals surface area contributed by atoms with E-state index in [4.69, 9.17) is 9.90 Å². The predicted molar refractivity (Wildman–Crippen MR) is 119 cm³/mol. The second-order valence-corrected chi connectivity index (χ2v) is 7.77. The number of aliphatic carboxylic acids is 1. The molecule has 8 nitrogen and oxygen atoms in total. The molecular formula is C23H24F3N5O3. The summed E-state index contributed by atoms with van der Waals surface area (Å²) in [5.74, 6) is -2.88. The minimum absolute atomic E-state index is 0.122. The van der Waals surface area contributed by atoms with E-state index in [1.54, 1.807) is 0 Å². The molecule has 3 aromatic rings. The molecule has 1 aliphatic heterocycles. The molecule has 1 aliphatic rings. The van der Waals surface area contributed by atoms with Crippen LogP contribution in [0.3, 0.4) is 0 Å². The molecule has 1 fully saturated rings. The van der Waals surface area contributed by atoms with Gasteiger partial charge in [0.2, 0.25) is 0 Å². The summed E-state index contributed by atoms with van der Waals surface area (Å²) in [6.07, 6.45) is -0.753. The lowest BCUT2D eigenvalue weighted by Crippen LogP contribution is -2.26. The molecule has 0 bridgehead atoms. The highest BCUT2D eigenvalue weighted by atomic mass is 19.4. The first-order valence-electron chi connectivity index (χ1n) is 10.5. The van der Waals surface area contributed by atoms with Crippen LogP contribution in [0.15, 0.2) is 54.7 Å². The number of hydrogen-bond donors (Lipinski definition) is 3. The molecule has 0 spiro atoms. The number of para-hydroxylation sites is 1. The number of alkyl halides is 3. The van der Waals surface area contributed by atoms with Gasteiger partial charge in [-0.1, -0.05) is 35.5 Å².